The first-order valence-electron chi connectivity index (χ1n) is 9.25. The van der Waals surface area contributed by atoms with Crippen molar-refractivity contribution in [3.8, 4) is 6.07 Å². The quantitative estimate of drug-likeness (QED) is 0.492. The number of amides is 2. The highest BCUT2D eigenvalue weighted by atomic mass is 127. The van der Waals surface area contributed by atoms with Crippen molar-refractivity contribution in [3.63, 3.8) is 0 Å². The zero-order valence-electron chi connectivity index (χ0n) is 17.7. The largest absolute Gasteiger partial charge is 0.417 e. The van der Waals surface area contributed by atoms with Gasteiger partial charge in [-0.2, -0.15) is 18.4 Å². The minimum absolute atomic E-state index is 0.0538. The Morgan fingerprint density at radius 1 is 1.12 bits per heavy atom. The van der Waals surface area contributed by atoms with Crippen LogP contribution in [0, 0.1) is 14.9 Å². The number of nitrogens with one attached hydrogen (secondary N) is 2. The van der Waals surface area contributed by atoms with Gasteiger partial charge in [-0.1, -0.05) is 6.07 Å². The fourth-order valence-electron chi connectivity index (χ4n) is 3.16. The number of hydrogen-bond donors (Lipinski definition) is 2. The van der Waals surface area contributed by atoms with Gasteiger partial charge < -0.3 is 10.6 Å². The number of halogens is 4. The van der Waals surface area contributed by atoms with Crippen molar-refractivity contribution in [2.45, 2.75) is 25.6 Å². The second-order valence-corrected chi connectivity index (χ2v) is 11.2. The van der Waals surface area contributed by atoms with E-state index in [-0.39, 0.29) is 22.6 Å². The van der Waals surface area contributed by atoms with Crippen LogP contribution in [0.1, 0.15) is 45.7 Å². The third kappa shape index (κ3) is 7.16. The van der Waals surface area contributed by atoms with Crippen molar-refractivity contribution >= 4 is 49.9 Å². The summed E-state index contributed by atoms with van der Waals surface area (Å²) in [7, 11) is -3.42. The van der Waals surface area contributed by atoms with Crippen molar-refractivity contribution < 1.29 is 31.2 Å². The summed E-state index contributed by atoms with van der Waals surface area (Å²) in [6.45, 7) is 3.02. The maximum Gasteiger partial charge on any atom is 0.417 e. The van der Waals surface area contributed by atoms with Crippen LogP contribution in [-0.4, -0.2) is 37.8 Å². The molecule has 0 aliphatic carbocycles. The van der Waals surface area contributed by atoms with E-state index in [2.05, 4.69) is 10.6 Å². The lowest BCUT2D eigenvalue weighted by atomic mass is 10.0. The van der Waals surface area contributed by atoms with Gasteiger partial charge in [0.05, 0.1) is 34.1 Å². The van der Waals surface area contributed by atoms with Gasteiger partial charge in [0.25, 0.3) is 11.8 Å². The van der Waals surface area contributed by atoms with E-state index in [0.717, 1.165) is 18.4 Å². The Kier molecular flexibility index (Phi) is 7.80. The van der Waals surface area contributed by atoms with E-state index in [4.69, 9.17) is 5.26 Å². The lowest BCUT2D eigenvalue weighted by Crippen LogP contribution is -2.48. The van der Waals surface area contributed by atoms with Crippen molar-refractivity contribution in [3.05, 3.63) is 62.2 Å². The molecule has 2 aromatic rings. The molecule has 0 saturated carbocycles. The van der Waals surface area contributed by atoms with Crippen LogP contribution in [-0.2, 0) is 16.0 Å². The predicted molar refractivity (Wildman–Crippen MR) is 125 cm³/mol. The van der Waals surface area contributed by atoms with E-state index in [1.807, 2.05) is 22.6 Å². The Morgan fingerprint density at radius 3 is 2.30 bits per heavy atom. The van der Waals surface area contributed by atoms with E-state index in [1.54, 1.807) is 6.07 Å². The Morgan fingerprint density at radius 2 is 1.76 bits per heavy atom. The van der Waals surface area contributed by atoms with Gasteiger partial charge in [0.1, 0.15) is 9.84 Å². The molecule has 0 aliphatic rings. The van der Waals surface area contributed by atoms with Crippen molar-refractivity contribution in [1.29, 1.82) is 5.26 Å². The summed E-state index contributed by atoms with van der Waals surface area (Å²) in [5.74, 6) is -1.91. The molecule has 2 N–H and O–H groups in total. The first-order valence-corrected chi connectivity index (χ1v) is 12.4. The molecular formula is C21H19F3IN3O4S. The molecule has 12 heteroatoms. The van der Waals surface area contributed by atoms with Gasteiger partial charge in [-0.05, 0) is 66.8 Å². The first-order chi connectivity index (χ1) is 15.0. The first kappa shape index (κ1) is 26.6. The molecule has 0 fully saturated rings. The molecule has 0 saturated heterocycles. The Hall–Kier alpha value is -2.66. The summed E-state index contributed by atoms with van der Waals surface area (Å²) >= 11 is 1.83. The van der Waals surface area contributed by atoms with Gasteiger partial charge in [-0.15, -0.1) is 0 Å². The van der Waals surface area contributed by atoms with E-state index in [9.17, 15) is 31.2 Å². The zero-order chi connectivity index (χ0) is 25.2. The fourth-order valence-corrected chi connectivity index (χ4v) is 5.28. The number of benzene rings is 2. The third-order valence-electron chi connectivity index (χ3n) is 4.26. The van der Waals surface area contributed by atoms with Crippen LogP contribution < -0.4 is 10.6 Å². The minimum atomic E-state index is -4.80. The zero-order valence-corrected chi connectivity index (χ0v) is 20.6. The van der Waals surface area contributed by atoms with Gasteiger partial charge in [0.15, 0.2) is 0 Å². The minimum Gasteiger partial charge on any atom is -0.346 e. The fraction of sp³-hybridized carbons (Fsp3) is 0.286. The molecule has 0 heterocycles. The monoisotopic (exact) mass is 593 g/mol. The summed E-state index contributed by atoms with van der Waals surface area (Å²) in [6, 6.07) is 8.55. The van der Waals surface area contributed by atoms with Gasteiger partial charge in [-0.3, -0.25) is 9.59 Å². The van der Waals surface area contributed by atoms with Crippen molar-refractivity contribution in [1.82, 2.24) is 5.32 Å². The lowest BCUT2D eigenvalue weighted by molar-refractivity contribution is -0.137. The molecule has 0 unspecified atom stereocenters. The van der Waals surface area contributed by atoms with Crippen LogP contribution in [0.2, 0.25) is 0 Å². The van der Waals surface area contributed by atoms with E-state index >= 15 is 0 Å². The normalized spacial score (nSPS) is 12.1. The number of carbonyl (C=O) groups is 2. The number of alkyl halides is 3. The summed E-state index contributed by atoms with van der Waals surface area (Å²) in [5.41, 5.74) is -3.33. The van der Waals surface area contributed by atoms with Crippen LogP contribution in [0.4, 0.5) is 18.9 Å². The molecule has 2 rings (SSSR count). The predicted octanol–water partition coefficient (Wildman–Crippen LogP) is 3.99. The van der Waals surface area contributed by atoms with Crippen molar-refractivity contribution in [2.75, 3.05) is 17.3 Å². The highest BCUT2D eigenvalue weighted by Crippen LogP contribution is 2.33. The maximum atomic E-state index is 13.2. The number of nitrogens with zero attached hydrogens (tertiary/aromatic N) is 1. The van der Waals surface area contributed by atoms with E-state index < -0.39 is 44.5 Å². The Labute approximate surface area is 202 Å². The molecule has 33 heavy (non-hydrogen) atoms. The smallest absolute Gasteiger partial charge is 0.346 e. The molecule has 0 aliphatic heterocycles. The topological polar surface area (TPSA) is 116 Å². The van der Waals surface area contributed by atoms with Crippen LogP contribution in [0.5, 0.6) is 0 Å². The molecule has 0 atom stereocenters. The molecule has 176 valence electrons. The Bertz CT molecular complexity index is 1250. The molecule has 0 bridgehead atoms. The summed E-state index contributed by atoms with van der Waals surface area (Å²) in [6.07, 6.45) is -3.77. The van der Waals surface area contributed by atoms with Gasteiger partial charge in [0, 0.05) is 21.1 Å². The average molecular weight is 593 g/mol. The molecule has 2 amide bonds. The number of hydrogen-bond acceptors (Lipinski definition) is 5. The molecule has 0 spiro atoms. The average Bonchev–Trinajstić information content (AvgIpc) is 2.64. The summed E-state index contributed by atoms with van der Waals surface area (Å²) < 4.78 is 63.3. The lowest BCUT2D eigenvalue weighted by Gasteiger charge is -2.26. The SMILES string of the molecule is CC(C)(CS(C)(=O)=O)NC(=O)c1c(I)cccc1C(=O)Nc1ccc(C#N)c(C(F)(F)F)c1. The Balaban J connectivity index is 2.40. The van der Waals surface area contributed by atoms with Gasteiger partial charge in [0.2, 0.25) is 0 Å². The molecule has 7 nitrogen and oxygen atoms in total. The van der Waals surface area contributed by atoms with Crippen molar-refractivity contribution in [2.24, 2.45) is 0 Å². The van der Waals surface area contributed by atoms with Crippen LogP contribution in [0.15, 0.2) is 36.4 Å². The van der Waals surface area contributed by atoms with Crippen LogP contribution in [0.25, 0.3) is 0 Å². The van der Waals surface area contributed by atoms with E-state index in [1.165, 1.54) is 32.0 Å². The number of carbonyl (C=O) groups excluding carboxylic acids is 2. The van der Waals surface area contributed by atoms with Crippen LogP contribution in [0.3, 0.4) is 0 Å². The highest BCUT2D eigenvalue weighted by Gasteiger charge is 2.34. The second-order valence-electron chi connectivity index (χ2n) is 7.89. The molecule has 0 aromatic heterocycles. The van der Waals surface area contributed by atoms with E-state index in [0.29, 0.717) is 9.64 Å². The molecule has 2 aromatic carbocycles. The van der Waals surface area contributed by atoms with Gasteiger partial charge >= 0.3 is 6.18 Å². The van der Waals surface area contributed by atoms with Gasteiger partial charge in [-0.25, -0.2) is 8.42 Å². The number of anilines is 1. The second kappa shape index (κ2) is 9.68. The summed E-state index contributed by atoms with van der Waals surface area (Å²) in [5, 5.41) is 13.8. The maximum absolute atomic E-state index is 13.2. The number of nitriles is 1. The summed E-state index contributed by atoms with van der Waals surface area (Å²) in [4.78, 5) is 25.8. The molecular weight excluding hydrogens is 574 g/mol. The van der Waals surface area contributed by atoms with Crippen LogP contribution >= 0.6 is 22.6 Å². The standard InChI is InChI=1S/C21H19F3IN3O4S/c1-20(2,11-33(3,31)32)28-19(30)17-14(5-4-6-16(17)25)18(29)27-13-8-7-12(10-26)15(9-13)21(22,23)24/h4-9H,11H2,1-3H3,(H,27,29)(H,28,30). The molecule has 0 radical (unpaired) electrons. The third-order valence-corrected chi connectivity index (χ3v) is 6.41. The highest BCUT2D eigenvalue weighted by molar-refractivity contribution is 14.1. The number of sulfone groups is 1. The number of rotatable bonds is 6.